The molecule has 111 heavy (non-hydrogen) atoms. The molecule has 0 aliphatic carbocycles. The van der Waals surface area contributed by atoms with Crippen LogP contribution in [-0.2, 0) is 82.7 Å². The Hall–Kier alpha value is -9.53. The Balaban J connectivity index is 0.000000251. The number of fused-ring (bicyclic) bond motifs is 2. The summed E-state index contributed by atoms with van der Waals surface area (Å²) < 4.78 is 0. The molecule has 11 heteroatoms. The largest absolute Gasteiger partial charge is 0.512 e. The normalized spacial score (nSPS) is 10.8. The van der Waals surface area contributed by atoms with E-state index in [1.165, 1.54) is 98.0 Å². The first-order valence-corrected chi connectivity index (χ1v) is 37.4. The van der Waals surface area contributed by atoms with Gasteiger partial charge in [-0.15, -0.1) is 142 Å². The summed E-state index contributed by atoms with van der Waals surface area (Å²) in [6.07, 6.45) is 9.40. The summed E-state index contributed by atoms with van der Waals surface area (Å²) in [4.78, 5) is 40.0. The molecule has 3 radical (unpaired) electrons. The summed E-state index contributed by atoms with van der Waals surface area (Å²) >= 11 is 0. The number of aliphatic hydroxyl groups is 2. The van der Waals surface area contributed by atoms with E-state index in [1.807, 2.05) is 125 Å². The van der Waals surface area contributed by atoms with Crippen molar-refractivity contribution in [3.63, 3.8) is 0 Å². The Kier molecular flexibility index (Phi) is 38.4. The van der Waals surface area contributed by atoms with Gasteiger partial charge >= 0.3 is 0 Å². The number of carbonyl (C=O) groups excluding carboxylic acids is 2. The van der Waals surface area contributed by atoms with Gasteiger partial charge in [0.15, 0.2) is 11.6 Å². The van der Waals surface area contributed by atoms with Crippen molar-refractivity contribution < 1.29 is 80.1 Å². The van der Waals surface area contributed by atoms with Crippen LogP contribution in [0.2, 0.25) is 0 Å². The fraction of sp³-hybridized carbons (Fsp3) is 0.240. The zero-order valence-corrected chi connectivity index (χ0v) is 74.1. The van der Waals surface area contributed by atoms with Gasteiger partial charge in [-0.2, -0.15) is 0 Å². The second-order valence-corrected chi connectivity index (χ2v) is 29.5. The van der Waals surface area contributed by atoms with E-state index < -0.39 is 0 Å². The standard InChI is InChI=1S/2C28H28N.C17H12N.C11H8N.C11H20O2.C5H8O2.3Ir/c2*1-18(2)12-24-17-28(25-14-20(4)13-21(5)15-25)29-27-11-10-23(16-26(24)27)22-8-6-19(3)7-9-22;1-3-7-14(8-4-1)16-11-12-17(18-13-16)15-9-5-2-6-10-15;1-2-6-10(7-3-1)11-8-4-5-9-12-11;1-8(2)5-10(12)7-11(13)6-9(3)4;1-4(6)3-5(2)7;;;/h2*6-11,13-14,16-18H,12H2,1-5H3;1-9,11-13H;1-6,8-9H;7-9,12H,5-6H2,1-4H3;3,6H,1-2H3;;;/q4*-1;;;;;. The first-order chi connectivity index (χ1) is 51.7. The molecule has 0 saturated carbocycles. The molecule has 4 heterocycles. The number of benzene rings is 9. The second-order valence-electron chi connectivity index (χ2n) is 29.5. The smallest absolute Gasteiger partial charge is 0.159 e. The zero-order valence-electron chi connectivity index (χ0n) is 66.9. The van der Waals surface area contributed by atoms with E-state index >= 15 is 0 Å². The van der Waals surface area contributed by atoms with Crippen LogP contribution in [-0.4, -0.2) is 41.7 Å². The molecule has 0 saturated heterocycles. The molecule has 579 valence electrons. The average molecular weight is 2000 g/mol. The minimum atomic E-state index is -0.125. The van der Waals surface area contributed by atoms with Gasteiger partial charge < -0.3 is 20.2 Å². The van der Waals surface area contributed by atoms with Crippen LogP contribution >= 0.6 is 0 Å². The molecule has 0 spiro atoms. The number of pyridine rings is 4. The number of hydrogen-bond acceptors (Lipinski definition) is 8. The topological polar surface area (TPSA) is 126 Å². The molecule has 0 aliphatic rings. The van der Waals surface area contributed by atoms with Gasteiger partial charge in [0.05, 0.1) is 22.6 Å². The maximum atomic E-state index is 11.2. The molecule has 9 aromatic carbocycles. The van der Waals surface area contributed by atoms with Crippen molar-refractivity contribution in [3.8, 4) is 78.4 Å². The summed E-state index contributed by atoms with van der Waals surface area (Å²) in [6.45, 7) is 32.7. The van der Waals surface area contributed by atoms with Crippen LogP contribution in [0.3, 0.4) is 0 Å². The second kappa shape index (κ2) is 46.3. The van der Waals surface area contributed by atoms with Crippen molar-refractivity contribution in [1.29, 1.82) is 0 Å². The molecule has 4 aromatic heterocycles. The van der Waals surface area contributed by atoms with Crippen LogP contribution in [0, 0.1) is 89.5 Å². The van der Waals surface area contributed by atoms with Crippen LogP contribution in [0.5, 0.6) is 0 Å². The molecule has 8 nitrogen and oxygen atoms in total. The minimum absolute atomic E-state index is 0. The summed E-state index contributed by atoms with van der Waals surface area (Å²) in [6, 6.07) is 93.3. The number of ketones is 2. The van der Waals surface area contributed by atoms with E-state index in [0.29, 0.717) is 36.5 Å². The average Bonchev–Trinajstić information content (AvgIpc) is 0.784. The number of nitrogens with zero attached hydrogens (tertiary/aromatic N) is 4. The third kappa shape index (κ3) is 30.6. The number of hydrogen-bond donors (Lipinski definition) is 2. The number of aryl methyl sites for hydroxylation is 6. The monoisotopic (exact) mass is 2000 g/mol. The molecule has 0 bridgehead atoms. The number of rotatable bonds is 17. The van der Waals surface area contributed by atoms with Gasteiger partial charge in [-0.1, -0.05) is 222 Å². The quantitative estimate of drug-likeness (QED) is 0.0524. The fourth-order valence-corrected chi connectivity index (χ4v) is 12.4. The predicted octanol–water partition coefficient (Wildman–Crippen LogP) is 25.9. The number of allylic oxidation sites excluding steroid dienone is 4. The van der Waals surface area contributed by atoms with Gasteiger partial charge in [0.2, 0.25) is 0 Å². The van der Waals surface area contributed by atoms with Gasteiger partial charge in [0, 0.05) is 108 Å². The van der Waals surface area contributed by atoms with Crippen molar-refractivity contribution >= 4 is 33.4 Å². The molecule has 2 N–H and O–H groups in total. The molecule has 0 fully saturated rings. The summed E-state index contributed by atoms with van der Waals surface area (Å²) in [5, 5.41) is 20.2. The Morgan fingerprint density at radius 2 is 0.811 bits per heavy atom. The molecular formula is C100H104Ir3N4O4-4. The van der Waals surface area contributed by atoms with Crippen LogP contribution in [0.25, 0.3) is 100 Å². The minimum Gasteiger partial charge on any atom is -0.512 e. The summed E-state index contributed by atoms with van der Waals surface area (Å²) in [5.41, 5.74) is 27.7. The van der Waals surface area contributed by atoms with Crippen LogP contribution < -0.4 is 0 Å². The van der Waals surface area contributed by atoms with E-state index in [-0.39, 0.29) is 83.4 Å². The molecular weight excluding hydrogens is 1900 g/mol. The zero-order chi connectivity index (χ0) is 77.8. The Morgan fingerprint density at radius 3 is 1.18 bits per heavy atom. The van der Waals surface area contributed by atoms with Crippen molar-refractivity contribution in [3.05, 3.63) is 335 Å². The van der Waals surface area contributed by atoms with Gasteiger partial charge in [-0.05, 0) is 162 Å². The number of aliphatic hydroxyl groups excluding tert-OH is 2. The maximum absolute atomic E-state index is 11.2. The Morgan fingerprint density at radius 1 is 0.387 bits per heavy atom. The fourth-order valence-electron chi connectivity index (χ4n) is 12.4. The van der Waals surface area contributed by atoms with Crippen molar-refractivity contribution in [2.75, 3.05) is 0 Å². The molecule has 0 amide bonds. The first-order valence-electron chi connectivity index (χ1n) is 37.4. The van der Waals surface area contributed by atoms with E-state index in [0.717, 1.165) is 85.6 Å². The first kappa shape index (κ1) is 92.1. The molecule has 13 rings (SSSR count). The van der Waals surface area contributed by atoms with E-state index in [1.54, 1.807) is 6.20 Å². The van der Waals surface area contributed by atoms with Crippen LogP contribution in [0.15, 0.2) is 267 Å². The summed E-state index contributed by atoms with van der Waals surface area (Å²) in [7, 11) is 0. The van der Waals surface area contributed by atoms with Gasteiger partial charge in [-0.3, -0.25) is 19.6 Å². The molecule has 0 atom stereocenters. The van der Waals surface area contributed by atoms with Crippen molar-refractivity contribution in [1.82, 2.24) is 19.9 Å². The SMILES string of the molecule is CC(=O)C=C(C)O.CC(C)CC(=O)C=C(O)CC(C)C.Cc1[c-]c(-c2cc(CC(C)C)c3cc(-c4ccc(C)cc4)ccc3n2)cc(C)c1.Cc1[c-]c(-c2cc(CC(C)C)c3cc(-c4ccc(C)cc4)ccc3n2)cc(C)c1.[Ir].[Ir].[Ir].[c-]1ccccc1-c1ccc(-c2ccccc2)cn1.[c-]1ccccc1-c1ccccn1. The predicted molar refractivity (Wildman–Crippen MR) is 453 cm³/mol. The third-order valence-corrected chi connectivity index (χ3v) is 17.1. The van der Waals surface area contributed by atoms with Gasteiger partial charge in [0.1, 0.15) is 0 Å². The Labute approximate surface area is 701 Å². The number of carbonyl (C=O) groups is 2. The molecule has 13 aromatic rings. The van der Waals surface area contributed by atoms with Crippen LogP contribution in [0.1, 0.15) is 127 Å². The van der Waals surface area contributed by atoms with Gasteiger partial charge in [-0.25, -0.2) is 0 Å². The molecule has 0 unspecified atom stereocenters. The maximum Gasteiger partial charge on any atom is 0.159 e. The van der Waals surface area contributed by atoms with Gasteiger partial charge in [0.25, 0.3) is 0 Å². The summed E-state index contributed by atoms with van der Waals surface area (Å²) in [5.74, 6) is 2.08. The van der Waals surface area contributed by atoms with Crippen LogP contribution in [0.4, 0.5) is 0 Å². The third-order valence-electron chi connectivity index (χ3n) is 17.1. The van der Waals surface area contributed by atoms with E-state index in [4.69, 9.17) is 15.1 Å². The number of aromatic nitrogens is 4. The molecule has 0 aliphatic heterocycles. The van der Waals surface area contributed by atoms with Crippen molar-refractivity contribution in [2.24, 2.45) is 23.7 Å². The van der Waals surface area contributed by atoms with Crippen molar-refractivity contribution in [2.45, 2.75) is 136 Å². The Bertz CT molecular complexity index is 4770. The van der Waals surface area contributed by atoms with E-state index in [2.05, 4.69) is 243 Å². The van der Waals surface area contributed by atoms with E-state index in [9.17, 15) is 14.7 Å².